The van der Waals surface area contributed by atoms with Crippen LogP contribution in [0.4, 0.5) is 5.82 Å². The normalized spacial score (nSPS) is 11.9. The number of pyridine rings is 1. The Morgan fingerprint density at radius 1 is 1.23 bits per heavy atom. The maximum absolute atomic E-state index is 12.5. The largest absolute Gasteiger partial charge is 0.493 e. The Morgan fingerprint density at radius 3 is 2.54 bits per heavy atom. The first-order chi connectivity index (χ1) is 12.0. The Labute approximate surface area is 157 Å². The molecule has 0 atom stereocenters. The molecule has 2 rings (SSSR count). The van der Waals surface area contributed by atoms with Crippen molar-refractivity contribution in [2.24, 2.45) is 0 Å². The number of rotatable bonds is 5. The monoisotopic (exact) mass is 397 g/mol. The summed E-state index contributed by atoms with van der Waals surface area (Å²) < 4.78 is 32.7. The van der Waals surface area contributed by atoms with E-state index in [4.69, 9.17) is 16.3 Å². The average molecular weight is 398 g/mol. The molecule has 1 aromatic heterocycles. The van der Waals surface area contributed by atoms with Crippen molar-refractivity contribution in [1.82, 2.24) is 9.71 Å². The molecule has 7 nitrogen and oxygen atoms in total. The van der Waals surface area contributed by atoms with Gasteiger partial charge in [0.1, 0.15) is 4.90 Å². The number of carbonyl (C=O) groups is 1. The van der Waals surface area contributed by atoms with Crippen LogP contribution in [0.2, 0.25) is 5.02 Å². The van der Waals surface area contributed by atoms with Gasteiger partial charge in [-0.3, -0.25) is 4.79 Å². The topological polar surface area (TPSA) is 97.4 Å². The van der Waals surface area contributed by atoms with Gasteiger partial charge in [-0.2, -0.15) is 0 Å². The van der Waals surface area contributed by atoms with E-state index in [-0.39, 0.29) is 21.3 Å². The number of nitrogens with zero attached hydrogens (tertiary/aromatic N) is 1. The summed E-state index contributed by atoms with van der Waals surface area (Å²) in [7, 11) is -2.44. The number of methoxy groups -OCH3 is 1. The summed E-state index contributed by atoms with van der Waals surface area (Å²) in [6.45, 7) is 5.13. The number of ether oxygens (including phenoxy) is 1. The third-order valence-corrected chi connectivity index (χ3v) is 5.39. The highest BCUT2D eigenvalue weighted by Crippen LogP contribution is 2.25. The first-order valence-electron chi connectivity index (χ1n) is 7.67. The van der Waals surface area contributed by atoms with Crippen LogP contribution in [0.25, 0.3) is 0 Å². The van der Waals surface area contributed by atoms with E-state index in [1.807, 2.05) is 0 Å². The van der Waals surface area contributed by atoms with Gasteiger partial charge < -0.3 is 10.1 Å². The Bertz CT molecular complexity index is 924. The first-order valence-corrected chi connectivity index (χ1v) is 9.53. The number of hydrogen-bond acceptors (Lipinski definition) is 5. The zero-order chi connectivity index (χ0) is 19.5. The molecule has 0 saturated carbocycles. The summed E-state index contributed by atoms with van der Waals surface area (Å²) in [4.78, 5) is 16.4. The number of amides is 1. The molecule has 0 aliphatic carbocycles. The molecule has 0 bridgehead atoms. The quantitative estimate of drug-likeness (QED) is 0.808. The van der Waals surface area contributed by atoms with E-state index in [0.29, 0.717) is 5.75 Å². The van der Waals surface area contributed by atoms with E-state index >= 15 is 0 Å². The van der Waals surface area contributed by atoms with Crippen molar-refractivity contribution in [2.75, 3.05) is 12.4 Å². The van der Waals surface area contributed by atoms with Gasteiger partial charge in [0.25, 0.3) is 5.91 Å². The van der Waals surface area contributed by atoms with Gasteiger partial charge in [0.15, 0.2) is 11.6 Å². The number of benzene rings is 1. The zero-order valence-corrected chi connectivity index (χ0v) is 16.4. The number of aromatic nitrogens is 1. The SMILES string of the molecule is COc1cccnc1NC(=O)c1ccc(Cl)c(S(=O)(=O)NC(C)(C)C)c1. The smallest absolute Gasteiger partial charge is 0.256 e. The minimum Gasteiger partial charge on any atom is -0.493 e. The molecule has 0 aliphatic rings. The standard InChI is InChI=1S/C17H20ClN3O4S/c1-17(2,3)21-26(23,24)14-10-11(7-8-12(14)18)16(22)20-15-13(25-4)6-5-9-19-15/h5-10,21H,1-4H3,(H,19,20,22). The number of halogens is 1. The van der Waals surface area contributed by atoms with Crippen LogP contribution in [0.5, 0.6) is 5.75 Å². The second-order valence-corrected chi connectivity index (χ2v) is 8.57. The molecule has 26 heavy (non-hydrogen) atoms. The van der Waals surface area contributed by atoms with E-state index in [0.717, 1.165) is 0 Å². The summed E-state index contributed by atoms with van der Waals surface area (Å²) in [5.74, 6) is 0.0788. The van der Waals surface area contributed by atoms with Crippen molar-refractivity contribution in [3.8, 4) is 5.75 Å². The van der Waals surface area contributed by atoms with Crippen LogP contribution < -0.4 is 14.8 Å². The fourth-order valence-corrected chi connectivity index (χ4v) is 4.08. The lowest BCUT2D eigenvalue weighted by Gasteiger charge is -2.21. The van der Waals surface area contributed by atoms with Crippen LogP contribution in [-0.2, 0) is 10.0 Å². The maximum atomic E-state index is 12.5. The molecule has 2 aromatic rings. The molecular formula is C17H20ClN3O4S. The molecule has 9 heteroatoms. The highest BCUT2D eigenvalue weighted by Gasteiger charge is 2.25. The third-order valence-electron chi connectivity index (χ3n) is 3.15. The van der Waals surface area contributed by atoms with Crippen LogP contribution in [0.1, 0.15) is 31.1 Å². The van der Waals surface area contributed by atoms with E-state index < -0.39 is 21.5 Å². The zero-order valence-electron chi connectivity index (χ0n) is 14.8. The van der Waals surface area contributed by atoms with E-state index in [1.165, 1.54) is 31.5 Å². The Hall–Kier alpha value is -2.16. The average Bonchev–Trinajstić information content (AvgIpc) is 2.53. The fourth-order valence-electron chi connectivity index (χ4n) is 2.14. The number of carbonyl (C=O) groups excluding carboxylic acids is 1. The minimum atomic E-state index is -3.89. The summed E-state index contributed by atoms with van der Waals surface area (Å²) in [6.07, 6.45) is 1.50. The lowest BCUT2D eigenvalue weighted by Crippen LogP contribution is -2.40. The van der Waals surface area contributed by atoms with Crippen LogP contribution in [-0.4, -0.2) is 32.0 Å². The second-order valence-electron chi connectivity index (χ2n) is 6.51. The minimum absolute atomic E-state index is 0.0220. The molecule has 1 aromatic carbocycles. The highest BCUT2D eigenvalue weighted by molar-refractivity contribution is 7.89. The van der Waals surface area contributed by atoms with Gasteiger partial charge in [-0.15, -0.1) is 0 Å². The Morgan fingerprint density at radius 2 is 1.92 bits per heavy atom. The van der Waals surface area contributed by atoms with Gasteiger partial charge in [0.05, 0.1) is 12.1 Å². The number of sulfonamides is 1. The maximum Gasteiger partial charge on any atom is 0.256 e. The Balaban J connectivity index is 2.36. The third kappa shape index (κ3) is 4.94. The molecule has 1 heterocycles. The molecule has 0 unspecified atom stereocenters. The van der Waals surface area contributed by atoms with Crippen molar-refractivity contribution in [3.63, 3.8) is 0 Å². The van der Waals surface area contributed by atoms with E-state index in [1.54, 1.807) is 32.9 Å². The van der Waals surface area contributed by atoms with Gasteiger partial charge >= 0.3 is 0 Å². The summed E-state index contributed by atoms with van der Waals surface area (Å²) in [5, 5.41) is 2.61. The molecule has 0 aliphatic heterocycles. The fraction of sp³-hybridized carbons (Fsp3) is 0.294. The van der Waals surface area contributed by atoms with Gasteiger partial charge in [-0.1, -0.05) is 11.6 Å². The van der Waals surface area contributed by atoms with Crippen molar-refractivity contribution in [2.45, 2.75) is 31.2 Å². The van der Waals surface area contributed by atoms with E-state index in [9.17, 15) is 13.2 Å². The lowest BCUT2D eigenvalue weighted by molar-refractivity contribution is 0.102. The van der Waals surface area contributed by atoms with Gasteiger partial charge in [-0.05, 0) is 51.1 Å². The van der Waals surface area contributed by atoms with Gasteiger partial charge in [0, 0.05) is 17.3 Å². The molecule has 0 radical (unpaired) electrons. The first kappa shape index (κ1) is 20.2. The summed E-state index contributed by atoms with van der Waals surface area (Å²) >= 11 is 6.04. The van der Waals surface area contributed by atoms with Crippen LogP contribution >= 0.6 is 11.6 Å². The molecule has 0 spiro atoms. The molecule has 0 fully saturated rings. The van der Waals surface area contributed by atoms with Crippen LogP contribution in [0.15, 0.2) is 41.4 Å². The molecule has 0 saturated heterocycles. The van der Waals surface area contributed by atoms with Gasteiger partial charge in [0.2, 0.25) is 10.0 Å². The summed E-state index contributed by atoms with van der Waals surface area (Å²) in [6, 6.07) is 7.33. The van der Waals surface area contributed by atoms with Crippen molar-refractivity contribution >= 4 is 33.3 Å². The molecule has 2 N–H and O–H groups in total. The molecule has 1 amide bonds. The van der Waals surface area contributed by atoms with Crippen LogP contribution in [0, 0.1) is 0 Å². The predicted octanol–water partition coefficient (Wildman–Crippen LogP) is 3.07. The Kier molecular flexibility index (Phi) is 5.90. The predicted molar refractivity (Wildman–Crippen MR) is 100 cm³/mol. The lowest BCUT2D eigenvalue weighted by atomic mass is 10.1. The number of anilines is 1. The highest BCUT2D eigenvalue weighted by atomic mass is 35.5. The number of hydrogen-bond donors (Lipinski definition) is 2. The summed E-state index contributed by atoms with van der Waals surface area (Å²) in [5.41, 5.74) is -0.571. The van der Waals surface area contributed by atoms with Gasteiger partial charge in [-0.25, -0.2) is 18.1 Å². The second kappa shape index (κ2) is 7.61. The van der Waals surface area contributed by atoms with Crippen LogP contribution in [0.3, 0.4) is 0 Å². The number of nitrogens with one attached hydrogen (secondary N) is 2. The van der Waals surface area contributed by atoms with Crippen molar-refractivity contribution in [3.05, 3.63) is 47.1 Å². The molecular weight excluding hydrogens is 378 g/mol. The van der Waals surface area contributed by atoms with Crippen molar-refractivity contribution < 1.29 is 17.9 Å². The van der Waals surface area contributed by atoms with E-state index in [2.05, 4.69) is 15.0 Å². The molecule has 140 valence electrons. The van der Waals surface area contributed by atoms with Crippen molar-refractivity contribution in [1.29, 1.82) is 0 Å².